The van der Waals surface area contributed by atoms with E-state index >= 15 is 0 Å². The van der Waals surface area contributed by atoms with Crippen molar-refractivity contribution >= 4 is 29.0 Å². The summed E-state index contributed by atoms with van der Waals surface area (Å²) in [6.07, 6.45) is 0.429. The van der Waals surface area contributed by atoms with Crippen LogP contribution in [0.3, 0.4) is 0 Å². The first-order valence-electron chi connectivity index (χ1n) is 6.47. The minimum atomic E-state index is -0.0525. The van der Waals surface area contributed by atoms with Gasteiger partial charge in [0, 0.05) is 24.6 Å². The number of pyridine rings is 1. The first-order valence-corrected chi connectivity index (χ1v) is 6.85. The molecule has 4 nitrogen and oxygen atoms in total. The van der Waals surface area contributed by atoms with Gasteiger partial charge in [0.05, 0.1) is 0 Å². The van der Waals surface area contributed by atoms with E-state index in [1.54, 1.807) is 18.2 Å². The van der Waals surface area contributed by atoms with Gasteiger partial charge in [-0.3, -0.25) is 4.79 Å². The average molecular weight is 288 g/mol. The fourth-order valence-corrected chi connectivity index (χ4v) is 2.60. The second-order valence-corrected chi connectivity index (χ2v) is 5.15. The molecule has 1 unspecified atom stereocenters. The molecule has 0 aliphatic carbocycles. The van der Waals surface area contributed by atoms with Gasteiger partial charge in [0.15, 0.2) is 0 Å². The molecule has 0 saturated heterocycles. The Kier molecular flexibility index (Phi) is 3.56. The Labute approximate surface area is 122 Å². The second-order valence-electron chi connectivity index (χ2n) is 4.76. The molecule has 102 valence electrons. The highest BCUT2D eigenvalue weighted by Gasteiger charge is 2.24. The van der Waals surface area contributed by atoms with Crippen molar-refractivity contribution in [2.45, 2.75) is 12.3 Å². The van der Waals surface area contributed by atoms with E-state index < -0.39 is 0 Å². The van der Waals surface area contributed by atoms with Gasteiger partial charge in [-0.05, 0) is 23.8 Å². The number of carbonyl (C=O) groups excluding carboxylic acids is 1. The first-order chi connectivity index (χ1) is 9.72. The van der Waals surface area contributed by atoms with E-state index in [1.807, 2.05) is 18.2 Å². The molecule has 1 aromatic heterocycles. The van der Waals surface area contributed by atoms with Crippen LogP contribution < -0.4 is 10.6 Å². The molecule has 0 radical (unpaired) electrons. The van der Waals surface area contributed by atoms with E-state index in [9.17, 15) is 4.79 Å². The summed E-state index contributed by atoms with van der Waals surface area (Å²) in [6.45, 7) is 0.787. The van der Waals surface area contributed by atoms with Gasteiger partial charge in [-0.15, -0.1) is 0 Å². The van der Waals surface area contributed by atoms with Crippen LogP contribution in [0.1, 0.15) is 17.9 Å². The first kappa shape index (κ1) is 12.9. The molecule has 3 rings (SSSR count). The molecule has 1 aromatic carbocycles. The topological polar surface area (TPSA) is 54.0 Å². The zero-order valence-corrected chi connectivity index (χ0v) is 11.5. The van der Waals surface area contributed by atoms with E-state index in [1.165, 1.54) is 5.56 Å². The quantitative estimate of drug-likeness (QED) is 0.852. The Morgan fingerprint density at radius 1 is 1.30 bits per heavy atom. The lowest BCUT2D eigenvalue weighted by Crippen LogP contribution is -2.17. The predicted molar refractivity (Wildman–Crippen MR) is 80.2 cm³/mol. The third-order valence-electron chi connectivity index (χ3n) is 3.35. The van der Waals surface area contributed by atoms with E-state index in [0.29, 0.717) is 17.4 Å². The molecule has 2 aromatic rings. The highest BCUT2D eigenvalue weighted by molar-refractivity contribution is 6.29. The normalized spacial score (nSPS) is 16.4. The fraction of sp³-hybridized carbons (Fsp3) is 0.200. The summed E-state index contributed by atoms with van der Waals surface area (Å²) in [4.78, 5) is 16.1. The minimum Gasteiger partial charge on any atom is -0.384 e. The molecule has 1 aliphatic heterocycles. The molecule has 5 heteroatoms. The Hall–Kier alpha value is -2.07. The third-order valence-corrected chi connectivity index (χ3v) is 3.56. The molecule has 0 spiro atoms. The van der Waals surface area contributed by atoms with Crippen LogP contribution in [0, 0.1) is 0 Å². The van der Waals surface area contributed by atoms with Crippen molar-refractivity contribution in [2.24, 2.45) is 0 Å². The molecule has 1 aliphatic rings. The standard InChI is InChI=1S/C15H14ClN3O/c16-13-6-3-7-14(18-13)19-15(20)8-10-9-17-12-5-2-1-4-11(10)12/h1-7,10,17H,8-9H2,(H,18,19,20). The van der Waals surface area contributed by atoms with Gasteiger partial charge in [0.25, 0.3) is 0 Å². The highest BCUT2D eigenvalue weighted by Crippen LogP contribution is 2.33. The molecule has 0 fully saturated rings. The summed E-state index contributed by atoms with van der Waals surface area (Å²) in [5.41, 5.74) is 2.31. The maximum atomic E-state index is 12.1. The van der Waals surface area contributed by atoms with Crippen molar-refractivity contribution in [3.05, 3.63) is 53.2 Å². The average Bonchev–Trinajstić information content (AvgIpc) is 2.82. The van der Waals surface area contributed by atoms with Crippen molar-refractivity contribution < 1.29 is 4.79 Å². The van der Waals surface area contributed by atoms with Crippen molar-refractivity contribution in [3.63, 3.8) is 0 Å². The lowest BCUT2D eigenvalue weighted by molar-refractivity contribution is -0.116. The van der Waals surface area contributed by atoms with Crippen LogP contribution in [0.15, 0.2) is 42.5 Å². The van der Waals surface area contributed by atoms with E-state index in [0.717, 1.165) is 12.2 Å². The van der Waals surface area contributed by atoms with Crippen molar-refractivity contribution in [1.82, 2.24) is 4.98 Å². The van der Waals surface area contributed by atoms with Crippen LogP contribution in [-0.4, -0.2) is 17.4 Å². The van der Waals surface area contributed by atoms with Gasteiger partial charge in [-0.1, -0.05) is 35.9 Å². The summed E-state index contributed by atoms with van der Waals surface area (Å²) in [7, 11) is 0. The van der Waals surface area contributed by atoms with Gasteiger partial charge in [0.2, 0.25) is 5.91 Å². The molecule has 20 heavy (non-hydrogen) atoms. The lowest BCUT2D eigenvalue weighted by atomic mass is 9.97. The van der Waals surface area contributed by atoms with Crippen LogP contribution in [0.2, 0.25) is 5.15 Å². The lowest BCUT2D eigenvalue weighted by Gasteiger charge is -2.10. The van der Waals surface area contributed by atoms with E-state index in [4.69, 9.17) is 11.6 Å². The molecule has 0 bridgehead atoms. The number of benzene rings is 1. The van der Waals surface area contributed by atoms with Crippen LogP contribution in [0.4, 0.5) is 11.5 Å². The zero-order valence-electron chi connectivity index (χ0n) is 10.8. The number of hydrogen-bond donors (Lipinski definition) is 2. The molecule has 0 saturated carbocycles. The van der Waals surface area contributed by atoms with Gasteiger partial charge in [-0.2, -0.15) is 0 Å². The number of nitrogens with zero attached hydrogens (tertiary/aromatic N) is 1. The Balaban J connectivity index is 1.66. The monoisotopic (exact) mass is 287 g/mol. The van der Waals surface area contributed by atoms with E-state index in [-0.39, 0.29) is 11.8 Å². The number of fused-ring (bicyclic) bond motifs is 1. The number of amides is 1. The van der Waals surface area contributed by atoms with Crippen molar-refractivity contribution in [2.75, 3.05) is 17.2 Å². The van der Waals surface area contributed by atoms with Crippen LogP contribution >= 0.6 is 11.6 Å². The summed E-state index contributed by atoms with van der Waals surface area (Å²) in [5.74, 6) is 0.635. The van der Waals surface area contributed by atoms with Gasteiger partial charge >= 0.3 is 0 Å². The highest BCUT2D eigenvalue weighted by atomic mass is 35.5. The number of hydrogen-bond acceptors (Lipinski definition) is 3. The number of aromatic nitrogens is 1. The Morgan fingerprint density at radius 2 is 2.15 bits per heavy atom. The van der Waals surface area contributed by atoms with Gasteiger partial charge in [-0.25, -0.2) is 4.98 Å². The van der Waals surface area contributed by atoms with Crippen molar-refractivity contribution in [3.8, 4) is 0 Å². The number of halogens is 1. The van der Waals surface area contributed by atoms with Crippen LogP contribution in [0.5, 0.6) is 0 Å². The Bertz CT molecular complexity index is 645. The van der Waals surface area contributed by atoms with Gasteiger partial charge in [0.1, 0.15) is 11.0 Å². The maximum absolute atomic E-state index is 12.1. The predicted octanol–water partition coefficient (Wildman–Crippen LogP) is 3.27. The third kappa shape index (κ3) is 2.75. The SMILES string of the molecule is O=C(CC1CNc2ccccc21)Nc1cccc(Cl)n1. The molecular weight excluding hydrogens is 274 g/mol. The molecule has 2 heterocycles. The molecule has 1 atom stereocenters. The largest absolute Gasteiger partial charge is 0.384 e. The number of rotatable bonds is 3. The van der Waals surface area contributed by atoms with E-state index in [2.05, 4.69) is 21.7 Å². The van der Waals surface area contributed by atoms with Crippen LogP contribution in [-0.2, 0) is 4.79 Å². The summed E-state index contributed by atoms with van der Waals surface area (Å²) >= 11 is 5.79. The van der Waals surface area contributed by atoms with Gasteiger partial charge < -0.3 is 10.6 Å². The number of anilines is 2. The van der Waals surface area contributed by atoms with Crippen LogP contribution in [0.25, 0.3) is 0 Å². The maximum Gasteiger partial charge on any atom is 0.226 e. The zero-order chi connectivity index (χ0) is 13.9. The summed E-state index contributed by atoms with van der Waals surface area (Å²) in [5, 5.41) is 6.46. The summed E-state index contributed by atoms with van der Waals surface area (Å²) in [6, 6.07) is 13.2. The number of para-hydroxylation sites is 1. The summed E-state index contributed by atoms with van der Waals surface area (Å²) < 4.78 is 0. The van der Waals surface area contributed by atoms with Crippen molar-refractivity contribution in [1.29, 1.82) is 0 Å². The molecular formula is C15H14ClN3O. The Morgan fingerprint density at radius 3 is 3.00 bits per heavy atom. The molecule has 1 amide bonds. The smallest absolute Gasteiger partial charge is 0.226 e. The fourth-order valence-electron chi connectivity index (χ4n) is 2.43. The molecule has 2 N–H and O–H groups in total. The number of nitrogens with one attached hydrogen (secondary N) is 2. The minimum absolute atomic E-state index is 0.0525. The second kappa shape index (κ2) is 5.51. The number of carbonyl (C=O) groups is 1.